The number of alkyl halides is 2. The van der Waals surface area contributed by atoms with E-state index in [0.29, 0.717) is 3.42 Å². The van der Waals surface area contributed by atoms with Gasteiger partial charge in [0.1, 0.15) is 0 Å². The summed E-state index contributed by atoms with van der Waals surface area (Å²) < 4.78 is 1.25. The summed E-state index contributed by atoms with van der Waals surface area (Å²) in [5.74, 6) is 1.90. The molecule has 2 bridgehead atoms. The molecule has 0 amide bonds. The zero-order valence-electron chi connectivity index (χ0n) is 8.50. The van der Waals surface area contributed by atoms with Crippen molar-refractivity contribution in [2.24, 2.45) is 11.8 Å². The predicted octanol–water partition coefficient (Wildman–Crippen LogP) is 4.55. The van der Waals surface area contributed by atoms with Gasteiger partial charge in [-0.3, -0.25) is 0 Å². The fourth-order valence-electron chi connectivity index (χ4n) is 3.32. The maximum absolute atomic E-state index is 2.74. The van der Waals surface area contributed by atoms with E-state index >= 15 is 0 Å². The van der Waals surface area contributed by atoms with Gasteiger partial charge in [0, 0.05) is 3.92 Å². The van der Waals surface area contributed by atoms with Gasteiger partial charge >= 0.3 is 0 Å². The zero-order valence-corrected chi connectivity index (χ0v) is 12.8. The van der Waals surface area contributed by atoms with Crippen LogP contribution in [0, 0.1) is 11.8 Å². The van der Waals surface area contributed by atoms with Gasteiger partial charge in [-0.05, 0) is 36.7 Å². The summed E-state index contributed by atoms with van der Waals surface area (Å²) >= 11 is 5.44. The molecule has 0 spiro atoms. The average molecular weight is 424 g/mol. The number of hydrogen-bond acceptors (Lipinski definition) is 0. The first kappa shape index (κ1) is 10.8. The van der Waals surface area contributed by atoms with Crippen molar-refractivity contribution in [2.75, 3.05) is 0 Å². The third-order valence-corrected chi connectivity index (χ3v) is 9.46. The molecule has 4 atom stereocenters. The second kappa shape index (κ2) is 3.86. The first-order valence-corrected chi connectivity index (χ1v) is 7.94. The highest BCUT2D eigenvalue weighted by molar-refractivity contribution is 14.1. The Morgan fingerprint density at radius 3 is 2.47 bits per heavy atom. The first-order valence-electron chi connectivity index (χ1n) is 5.61. The van der Waals surface area contributed by atoms with Crippen LogP contribution in [0.15, 0.2) is 30.3 Å². The Bertz CT molecular complexity index is 358. The Kier molecular flexibility index (Phi) is 2.78. The highest BCUT2D eigenvalue weighted by atomic mass is 127. The van der Waals surface area contributed by atoms with Gasteiger partial charge in [-0.1, -0.05) is 75.5 Å². The number of rotatable bonds is 1. The Balaban J connectivity index is 2.04. The molecule has 80 valence electrons. The molecule has 4 unspecified atom stereocenters. The number of fused-ring (bicyclic) bond motifs is 2. The highest BCUT2D eigenvalue weighted by Crippen LogP contribution is 2.63. The van der Waals surface area contributed by atoms with Gasteiger partial charge in [-0.25, -0.2) is 0 Å². The van der Waals surface area contributed by atoms with Gasteiger partial charge in [0.05, 0.1) is 3.42 Å². The molecular formula is C13H14I2. The average Bonchev–Trinajstić information content (AvgIpc) is 2.84. The van der Waals surface area contributed by atoms with Crippen LogP contribution >= 0.6 is 45.2 Å². The van der Waals surface area contributed by atoms with Gasteiger partial charge in [-0.2, -0.15) is 0 Å². The maximum atomic E-state index is 2.74. The summed E-state index contributed by atoms with van der Waals surface area (Å²) in [6, 6.07) is 11.1. The van der Waals surface area contributed by atoms with E-state index in [1.54, 1.807) is 5.56 Å². The summed E-state index contributed by atoms with van der Waals surface area (Å²) in [4.78, 5) is 0. The summed E-state index contributed by atoms with van der Waals surface area (Å²) in [5.41, 5.74) is 1.55. The molecule has 0 heterocycles. The smallest absolute Gasteiger partial charge is 0.0618 e. The van der Waals surface area contributed by atoms with Gasteiger partial charge < -0.3 is 0 Å². The van der Waals surface area contributed by atoms with E-state index in [9.17, 15) is 0 Å². The van der Waals surface area contributed by atoms with Crippen LogP contribution in [0.3, 0.4) is 0 Å². The first-order chi connectivity index (χ1) is 7.23. The summed E-state index contributed by atoms with van der Waals surface area (Å²) in [6.45, 7) is 0. The minimum atomic E-state index is 0.419. The van der Waals surface area contributed by atoms with Crippen molar-refractivity contribution in [3.05, 3.63) is 35.9 Å². The summed E-state index contributed by atoms with van der Waals surface area (Å²) in [5, 5.41) is 0. The van der Waals surface area contributed by atoms with Gasteiger partial charge in [0.15, 0.2) is 0 Å². The van der Waals surface area contributed by atoms with Crippen molar-refractivity contribution >= 4 is 45.2 Å². The lowest BCUT2D eigenvalue weighted by atomic mass is 9.83. The van der Waals surface area contributed by atoms with Crippen LogP contribution in [0.1, 0.15) is 24.8 Å². The van der Waals surface area contributed by atoms with Crippen LogP contribution < -0.4 is 0 Å². The second-order valence-electron chi connectivity index (χ2n) is 4.81. The van der Waals surface area contributed by atoms with E-state index in [1.165, 1.54) is 19.3 Å². The Hall–Kier alpha value is 0.680. The van der Waals surface area contributed by atoms with Gasteiger partial charge in [0.25, 0.3) is 0 Å². The monoisotopic (exact) mass is 424 g/mol. The van der Waals surface area contributed by atoms with Crippen LogP contribution in [0.25, 0.3) is 0 Å². The normalized spacial score (nSPS) is 43.5. The highest BCUT2D eigenvalue weighted by Gasteiger charge is 2.56. The second-order valence-corrected chi connectivity index (χ2v) is 7.93. The molecule has 3 rings (SSSR count). The molecule has 15 heavy (non-hydrogen) atoms. The molecule has 0 N–H and O–H groups in total. The molecule has 1 aromatic rings. The third kappa shape index (κ3) is 1.50. The van der Waals surface area contributed by atoms with Crippen molar-refractivity contribution in [3.63, 3.8) is 0 Å². The predicted molar refractivity (Wildman–Crippen MR) is 80.8 cm³/mol. The Labute approximate surface area is 118 Å². The fourth-order valence-corrected chi connectivity index (χ4v) is 6.28. The zero-order chi connectivity index (χ0) is 10.5. The third-order valence-electron chi connectivity index (χ3n) is 4.10. The summed E-state index contributed by atoms with van der Waals surface area (Å²) in [6.07, 6.45) is 4.38. The lowest BCUT2D eigenvalue weighted by Crippen LogP contribution is -2.35. The minimum Gasteiger partial charge on any atom is -0.0805 e. The molecule has 0 saturated heterocycles. The van der Waals surface area contributed by atoms with E-state index in [4.69, 9.17) is 0 Å². The molecular weight excluding hydrogens is 410 g/mol. The van der Waals surface area contributed by atoms with Gasteiger partial charge in [0.2, 0.25) is 0 Å². The molecule has 2 aliphatic rings. The van der Waals surface area contributed by atoms with Crippen LogP contribution in [0.5, 0.6) is 0 Å². The largest absolute Gasteiger partial charge is 0.0805 e. The van der Waals surface area contributed by atoms with Crippen LogP contribution in [-0.4, -0.2) is 3.92 Å². The van der Waals surface area contributed by atoms with E-state index in [-0.39, 0.29) is 0 Å². The van der Waals surface area contributed by atoms with Crippen molar-refractivity contribution in [3.8, 4) is 0 Å². The lowest BCUT2D eigenvalue weighted by Gasteiger charge is -2.37. The van der Waals surface area contributed by atoms with Crippen molar-refractivity contribution in [1.29, 1.82) is 0 Å². The number of hydrogen-bond donors (Lipinski definition) is 0. The van der Waals surface area contributed by atoms with Crippen LogP contribution in [0.4, 0.5) is 0 Å². The van der Waals surface area contributed by atoms with Crippen LogP contribution in [-0.2, 0) is 3.42 Å². The molecule has 2 aliphatic carbocycles. The molecule has 1 aromatic carbocycles. The Morgan fingerprint density at radius 2 is 1.87 bits per heavy atom. The molecule has 2 heteroatoms. The molecule has 0 aliphatic heterocycles. The van der Waals surface area contributed by atoms with Gasteiger partial charge in [-0.15, -0.1) is 0 Å². The SMILES string of the molecule is IC1C2CCC(C2)C1(I)c1ccccc1. The lowest BCUT2D eigenvalue weighted by molar-refractivity contribution is 0.422. The number of halogens is 2. The standard InChI is InChI=1S/C13H14I2/c14-12-9-6-7-11(8-9)13(12,15)10-4-2-1-3-5-10/h1-5,9,11-12H,6-8H2. The minimum absolute atomic E-state index is 0.419. The molecule has 2 saturated carbocycles. The summed E-state index contributed by atoms with van der Waals surface area (Å²) in [7, 11) is 0. The fraction of sp³-hybridized carbons (Fsp3) is 0.538. The van der Waals surface area contributed by atoms with Crippen molar-refractivity contribution in [1.82, 2.24) is 0 Å². The van der Waals surface area contributed by atoms with E-state index in [1.807, 2.05) is 0 Å². The molecule has 2 fully saturated rings. The molecule has 0 radical (unpaired) electrons. The quantitative estimate of drug-likeness (QED) is 0.459. The Morgan fingerprint density at radius 1 is 1.13 bits per heavy atom. The van der Waals surface area contributed by atoms with E-state index in [0.717, 1.165) is 15.8 Å². The van der Waals surface area contributed by atoms with Crippen molar-refractivity contribution < 1.29 is 0 Å². The molecule has 0 nitrogen and oxygen atoms in total. The topological polar surface area (TPSA) is 0 Å². The van der Waals surface area contributed by atoms with E-state index < -0.39 is 0 Å². The number of benzene rings is 1. The van der Waals surface area contributed by atoms with Crippen LogP contribution in [0.2, 0.25) is 0 Å². The molecule has 0 aromatic heterocycles. The maximum Gasteiger partial charge on any atom is 0.0618 e. The van der Waals surface area contributed by atoms with E-state index in [2.05, 4.69) is 75.5 Å². The van der Waals surface area contributed by atoms with Crippen molar-refractivity contribution in [2.45, 2.75) is 26.6 Å².